The largest absolute Gasteiger partial charge is 0.381 e. The predicted molar refractivity (Wildman–Crippen MR) is 98.1 cm³/mol. The van der Waals surface area contributed by atoms with Gasteiger partial charge in [-0.1, -0.05) is 52.5 Å². The lowest BCUT2D eigenvalue weighted by molar-refractivity contribution is 0.481. The van der Waals surface area contributed by atoms with E-state index in [4.69, 9.17) is 0 Å². The predicted octanol–water partition coefficient (Wildman–Crippen LogP) is 5.52. The van der Waals surface area contributed by atoms with Crippen LogP contribution in [0.4, 0.5) is 0 Å². The van der Waals surface area contributed by atoms with Gasteiger partial charge in [-0.15, -0.1) is 0 Å². The molecule has 0 bridgehead atoms. The van der Waals surface area contributed by atoms with Gasteiger partial charge < -0.3 is 5.32 Å². The fourth-order valence-electron chi connectivity index (χ4n) is 3.36. The van der Waals surface area contributed by atoms with Gasteiger partial charge >= 0.3 is 0 Å². The highest BCUT2D eigenvalue weighted by Gasteiger charge is 2.28. The van der Waals surface area contributed by atoms with Crippen LogP contribution in [0.3, 0.4) is 0 Å². The van der Waals surface area contributed by atoms with Crippen molar-refractivity contribution < 1.29 is 0 Å². The maximum atomic E-state index is 4.05. The van der Waals surface area contributed by atoms with Gasteiger partial charge in [-0.3, -0.25) is 0 Å². The Bertz CT molecular complexity index is 607. The molecule has 1 nitrogen and oxygen atoms in total. The molecule has 1 aromatic carbocycles. The summed E-state index contributed by atoms with van der Waals surface area (Å²) >= 11 is 0. The lowest BCUT2D eigenvalue weighted by Crippen LogP contribution is -2.37. The van der Waals surface area contributed by atoms with Crippen LogP contribution in [0.15, 0.2) is 43.0 Å². The third kappa shape index (κ3) is 3.19. The van der Waals surface area contributed by atoms with Crippen molar-refractivity contribution in [3.63, 3.8) is 0 Å². The zero-order chi connectivity index (χ0) is 16.3. The van der Waals surface area contributed by atoms with E-state index >= 15 is 0 Å². The number of allylic oxidation sites excluding steroid dienone is 3. The van der Waals surface area contributed by atoms with Crippen LogP contribution >= 0.6 is 0 Å². The van der Waals surface area contributed by atoms with Gasteiger partial charge in [-0.25, -0.2) is 0 Å². The van der Waals surface area contributed by atoms with Crippen LogP contribution in [0.5, 0.6) is 0 Å². The molecule has 0 spiro atoms. The van der Waals surface area contributed by atoms with Crippen LogP contribution in [-0.4, -0.2) is 6.04 Å². The summed E-state index contributed by atoms with van der Waals surface area (Å²) < 4.78 is 0. The minimum Gasteiger partial charge on any atom is -0.381 e. The number of fused-ring (bicyclic) bond motifs is 1. The van der Waals surface area contributed by atoms with E-state index in [0.29, 0.717) is 12.0 Å². The zero-order valence-corrected chi connectivity index (χ0v) is 14.5. The fraction of sp³-hybridized carbons (Fsp3) is 0.429. The molecular formula is C21H29N. The van der Waals surface area contributed by atoms with E-state index in [1.807, 2.05) is 6.08 Å². The van der Waals surface area contributed by atoms with Gasteiger partial charge in [0.2, 0.25) is 0 Å². The standard InChI is InChI=1S/C21H29N/c1-7-10-17-13-18-16(6)20(9-3)22-21(11-14(4)8-2)19(18)12-15(17)5/h8,11-13,16,20,22H,2,4,7,9-10H2,1,3,5-6H3/b21-11-. The van der Waals surface area contributed by atoms with E-state index in [0.717, 1.165) is 18.4 Å². The summed E-state index contributed by atoms with van der Waals surface area (Å²) in [6.45, 7) is 16.9. The van der Waals surface area contributed by atoms with Gasteiger partial charge in [0.15, 0.2) is 0 Å². The first kappa shape index (κ1) is 16.6. The second-order valence-electron chi connectivity index (χ2n) is 6.40. The number of aryl methyl sites for hydroxylation is 2. The first-order chi connectivity index (χ1) is 10.5. The summed E-state index contributed by atoms with van der Waals surface area (Å²) in [5.74, 6) is 0.533. The highest BCUT2D eigenvalue weighted by molar-refractivity contribution is 5.73. The van der Waals surface area contributed by atoms with Gasteiger partial charge in [0, 0.05) is 23.2 Å². The van der Waals surface area contributed by atoms with E-state index in [1.165, 1.54) is 34.4 Å². The number of nitrogens with one attached hydrogen (secondary N) is 1. The van der Waals surface area contributed by atoms with Crippen LogP contribution in [0.1, 0.15) is 61.8 Å². The molecule has 0 saturated heterocycles. The molecule has 1 heteroatoms. The molecule has 2 rings (SSSR count). The van der Waals surface area contributed by atoms with Gasteiger partial charge in [0.25, 0.3) is 0 Å². The van der Waals surface area contributed by atoms with Crippen LogP contribution in [0.25, 0.3) is 5.70 Å². The van der Waals surface area contributed by atoms with Crippen molar-refractivity contribution in [2.45, 2.75) is 58.9 Å². The van der Waals surface area contributed by atoms with Crippen LogP contribution in [-0.2, 0) is 6.42 Å². The Morgan fingerprint density at radius 3 is 2.64 bits per heavy atom. The number of rotatable bonds is 5. The van der Waals surface area contributed by atoms with Crippen molar-refractivity contribution >= 4 is 5.70 Å². The molecule has 1 aliphatic rings. The molecular weight excluding hydrogens is 266 g/mol. The van der Waals surface area contributed by atoms with Crippen molar-refractivity contribution in [3.05, 3.63) is 65.3 Å². The van der Waals surface area contributed by atoms with E-state index < -0.39 is 0 Å². The molecule has 1 heterocycles. The summed E-state index contributed by atoms with van der Waals surface area (Å²) in [7, 11) is 0. The Balaban J connectivity index is 2.58. The zero-order valence-electron chi connectivity index (χ0n) is 14.5. The quantitative estimate of drug-likeness (QED) is 0.706. The third-order valence-corrected chi connectivity index (χ3v) is 4.78. The molecule has 2 unspecified atom stereocenters. The van der Waals surface area contributed by atoms with E-state index in [1.54, 1.807) is 0 Å². The summed E-state index contributed by atoms with van der Waals surface area (Å²) in [6, 6.07) is 5.26. The maximum Gasteiger partial charge on any atom is 0.0424 e. The second kappa shape index (κ2) is 7.00. The van der Waals surface area contributed by atoms with Crippen LogP contribution in [0.2, 0.25) is 0 Å². The lowest BCUT2D eigenvalue weighted by Gasteiger charge is -2.35. The monoisotopic (exact) mass is 295 g/mol. The molecule has 1 aliphatic heterocycles. The van der Waals surface area contributed by atoms with Crippen molar-refractivity contribution in [3.8, 4) is 0 Å². The molecule has 2 atom stereocenters. The SMILES string of the molecule is C=CC(=C)/C=C1\NC(CC)C(C)c2cc(CCC)c(C)cc21. The Morgan fingerprint density at radius 2 is 2.05 bits per heavy atom. The highest BCUT2D eigenvalue weighted by Crippen LogP contribution is 2.36. The average molecular weight is 295 g/mol. The molecule has 0 radical (unpaired) electrons. The van der Waals surface area contributed by atoms with E-state index in [-0.39, 0.29) is 0 Å². The minimum atomic E-state index is 0.480. The Hall–Kier alpha value is -1.76. The number of benzene rings is 1. The average Bonchev–Trinajstić information content (AvgIpc) is 2.51. The molecule has 1 aromatic rings. The van der Waals surface area contributed by atoms with Gasteiger partial charge in [0.1, 0.15) is 0 Å². The van der Waals surface area contributed by atoms with Gasteiger partial charge in [0.05, 0.1) is 0 Å². The van der Waals surface area contributed by atoms with Gasteiger partial charge in [-0.05, 0) is 54.2 Å². The normalized spacial score (nSPS) is 22.1. The van der Waals surface area contributed by atoms with Crippen molar-refractivity contribution in [2.24, 2.45) is 0 Å². The smallest absolute Gasteiger partial charge is 0.0424 e. The van der Waals surface area contributed by atoms with Crippen molar-refractivity contribution in [2.75, 3.05) is 0 Å². The van der Waals surface area contributed by atoms with Gasteiger partial charge in [-0.2, -0.15) is 0 Å². The fourth-order valence-corrected chi connectivity index (χ4v) is 3.36. The Labute approximate surface area is 135 Å². The molecule has 0 fully saturated rings. The molecule has 22 heavy (non-hydrogen) atoms. The third-order valence-electron chi connectivity index (χ3n) is 4.78. The highest BCUT2D eigenvalue weighted by atomic mass is 14.9. The summed E-state index contributed by atoms with van der Waals surface area (Å²) in [5, 5.41) is 3.71. The molecule has 1 N–H and O–H groups in total. The second-order valence-corrected chi connectivity index (χ2v) is 6.40. The first-order valence-electron chi connectivity index (χ1n) is 8.45. The lowest BCUT2D eigenvalue weighted by atomic mass is 9.80. The maximum absolute atomic E-state index is 4.05. The summed E-state index contributed by atoms with van der Waals surface area (Å²) in [6.07, 6.45) is 7.41. The Kier molecular flexibility index (Phi) is 5.28. The van der Waals surface area contributed by atoms with Crippen molar-refractivity contribution in [1.82, 2.24) is 5.32 Å². The number of hydrogen-bond acceptors (Lipinski definition) is 1. The summed E-state index contributed by atoms with van der Waals surface area (Å²) in [5.41, 5.74) is 7.83. The Morgan fingerprint density at radius 1 is 1.32 bits per heavy atom. The molecule has 0 saturated carbocycles. The minimum absolute atomic E-state index is 0.480. The topological polar surface area (TPSA) is 12.0 Å². The van der Waals surface area contributed by atoms with Crippen LogP contribution < -0.4 is 5.32 Å². The first-order valence-corrected chi connectivity index (χ1v) is 8.45. The van der Waals surface area contributed by atoms with E-state index in [2.05, 4.69) is 64.4 Å². The van der Waals surface area contributed by atoms with Crippen molar-refractivity contribution in [1.29, 1.82) is 0 Å². The molecule has 0 aliphatic carbocycles. The number of hydrogen-bond donors (Lipinski definition) is 1. The van der Waals surface area contributed by atoms with Crippen LogP contribution in [0, 0.1) is 6.92 Å². The van der Waals surface area contributed by atoms with E-state index in [9.17, 15) is 0 Å². The molecule has 0 amide bonds. The molecule has 0 aromatic heterocycles. The summed E-state index contributed by atoms with van der Waals surface area (Å²) in [4.78, 5) is 0. The molecule has 118 valence electrons.